The molecule has 0 aliphatic rings. The zero-order valence-electron chi connectivity index (χ0n) is 11.5. The molecule has 1 N–H and O–H groups in total. The van der Waals surface area contributed by atoms with Gasteiger partial charge >= 0.3 is 6.03 Å². The van der Waals surface area contributed by atoms with Crippen LogP contribution in [-0.2, 0) is 11.2 Å². The highest BCUT2D eigenvalue weighted by Gasteiger charge is 2.07. The first-order valence-corrected chi connectivity index (χ1v) is 6.36. The van der Waals surface area contributed by atoms with Gasteiger partial charge in [0.05, 0.1) is 0 Å². The fourth-order valence-corrected chi connectivity index (χ4v) is 1.69. The fourth-order valence-electron chi connectivity index (χ4n) is 1.69. The third-order valence-corrected chi connectivity index (χ3v) is 2.82. The highest BCUT2D eigenvalue weighted by molar-refractivity contribution is 5.73. The van der Waals surface area contributed by atoms with E-state index < -0.39 is 0 Å². The fraction of sp³-hybridized carbons (Fsp3) is 0.500. The summed E-state index contributed by atoms with van der Waals surface area (Å²) in [6.07, 6.45) is 1.29. The van der Waals surface area contributed by atoms with Gasteiger partial charge in [-0.25, -0.2) is 9.18 Å². The maximum absolute atomic E-state index is 13.3. The topological polar surface area (TPSA) is 41.6 Å². The molecular formula is C14H21FN2O2. The van der Waals surface area contributed by atoms with Crippen LogP contribution in [0.4, 0.5) is 9.18 Å². The number of halogens is 1. The third-order valence-electron chi connectivity index (χ3n) is 2.82. The Bertz CT molecular complexity index is 399. The number of hydrogen-bond acceptors (Lipinski definition) is 2. The molecule has 4 nitrogen and oxygen atoms in total. The van der Waals surface area contributed by atoms with Gasteiger partial charge in [0.15, 0.2) is 0 Å². The van der Waals surface area contributed by atoms with Gasteiger partial charge in [-0.2, -0.15) is 0 Å². The Morgan fingerprint density at radius 3 is 2.84 bits per heavy atom. The number of carbonyl (C=O) groups excluding carboxylic acids is 1. The second-order valence-electron chi connectivity index (χ2n) is 4.34. The lowest BCUT2D eigenvalue weighted by atomic mass is 10.1. The summed E-state index contributed by atoms with van der Waals surface area (Å²) in [4.78, 5) is 13.3. The maximum atomic E-state index is 13.3. The second-order valence-corrected chi connectivity index (χ2v) is 4.34. The van der Waals surface area contributed by atoms with Crippen molar-refractivity contribution in [3.8, 4) is 0 Å². The molecule has 0 bridgehead atoms. The van der Waals surface area contributed by atoms with E-state index in [-0.39, 0.29) is 11.8 Å². The number of benzene rings is 1. The van der Waals surface area contributed by atoms with E-state index in [0.29, 0.717) is 31.7 Å². The lowest BCUT2D eigenvalue weighted by Crippen LogP contribution is -2.39. The molecule has 0 aromatic heterocycles. The third kappa shape index (κ3) is 5.70. The van der Waals surface area contributed by atoms with Crippen molar-refractivity contribution in [2.45, 2.75) is 12.8 Å². The van der Waals surface area contributed by atoms with Crippen LogP contribution in [0.1, 0.15) is 12.0 Å². The van der Waals surface area contributed by atoms with Crippen molar-refractivity contribution in [3.05, 3.63) is 35.6 Å². The van der Waals surface area contributed by atoms with E-state index in [1.807, 2.05) is 0 Å². The van der Waals surface area contributed by atoms with Gasteiger partial charge in [-0.15, -0.1) is 0 Å². The molecule has 0 aliphatic carbocycles. The van der Waals surface area contributed by atoms with Crippen LogP contribution in [0.5, 0.6) is 0 Å². The summed E-state index contributed by atoms with van der Waals surface area (Å²) in [6, 6.07) is 6.45. The first-order chi connectivity index (χ1) is 9.15. The quantitative estimate of drug-likeness (QED) is 0.769. The highest BCUT2D eigenvalue weighted by Crippen LogP contribution is 2.06. The number of urea groups is 1. The molecule has 0 atom stereocenters. The van der Waals surface area contributed by atoms with E-state index in [4.69, 9.17) is 4.74 Å². The van der Waals surface area contributed by atoms with Crippen LogP contribution in [0.3, 0.4) is 0 Å². The molecule has 0 saturated carbocycles. The van der Waals surface area contributed by atoms with Gasteiger partial charge in [0.25, 0.3) is 0 Å². The normalized spacial score (nSPS) is 10.3. The molecule has 106 valence electrons. The van der Waals surface area contributed by atoms with Gasteiger partial charge in [0.1, 0.15) is 5.82 Å². The molecular weight excluding hydrogens is 247 g/mol. The van der Waals surface area contributed by atoms with E-state index in [0.717, 1.165) is 6.42 Å². The van der Waals surface area contributed by atoms with Gasteiger partial charge in [-0.1, -0.05) is 18.2 Å². The molecule has 0 radical (unpaired) electrons. The van der Waals surface area contributed by atoms with Crippen LogP contribution >= 0.6 is 0 Å². The molecule has 5 heteroatoms. The van der Waals surface area contributed by atoms with E-state index in [1.165, 1.54) is 6.07 Å². The molecule has 0 fully saturated rings. The Morgan fingerprint density at radius 2 is 2.16 bits per heavy atom. The standard InChI is InChI=1S/C14H21FN2O2/c1-17(10-5-11-19-2)14(18)16-9-8-12-6-3-4-7-13(12)15/h3-4,6-7H,5,8-11H2,1-2H3,(H,16,18). The number of nitrogens with one attached hydrogen (secondary N) is 1. The molecule has 0 unspecified atom stereocenters. The van der Waals surface area contributed by atoms with E-state index in [2.05, 4.69) is 5.32 Å². The summed E-state index contributed by atoms with van der Waals surface area (Å²) >= 11 is 0. The molecule has 0 heterocycles. The van der Waals surface area contributed by atoms with Gasteiger partial charge in [-0.05, 0) is 24.5 Å². The molecule has 0 aliphatic heterocycles. The lowest BCUT2D eigenvalue weighted by Gasteiger charge is -2.17. The minimum Gasteiger partial charge on any atom is -0.385 e. The second kappa shape index (κ2) is 8.48. The van der Waals surface area contributed by atoms with Crippen molar-refractivity contribution < 1.29 is 13.9 Å². The summed E-state index contributed by atoms with van der Waals surface area (Å²) in [5.74, 6) is -0.231. The summed E-state index contributed by atoms with van der Waals surface area (Å²) < 4.78 is 18.3. The Labute approximate surface area is 113 Å². The Kier molecular flexibility index (Phi) is 6.89. The number of rotatable bonds is 7. The predicted octanol–water partition coefficient (Wildman–Crippen LogP) is 2.05. The zero-order valence-corrected chi connectivity index (χ0v) is 11.5. The van der Waals surface area contributed by atoms with Crippen LogP contribution in [0.25, 0.3) is 0 Å². The number of carbonyl (C=O) groups is 1. The smallest absolute Gasteiger partial charge is 0.317 e. The average molecular weight is 268 g/mol. The van der Waals surface area contributed by atoms with Gasteiger partial charge < -0.3 is 15.0 Å². The van der Waals surface area contributed by atoms with Crippen molar-refractivity contribution in [2.24, 2.45) is 0 Å². The largest absolute Gasteiger partial charge is 0.385 e. The van der Waals surface area contributed by atoms with Crippen LogP contribution in [0.2, 0.25) is 0 Å². The molecule has 0 spiro atoms. The molecule has 2 amide bonds. The molecule has 1 rings (SSSR count). The lowest BCUT2D eigenvalue weighted by molar-refractivity contribution is 0.175. The average Bonchev–Trinajstić information content (AvgIpc) is 2.41. The van der Waals surface area contributed by atoms with Crippen molar-refractivity contribution in [1.29, 1.82) is 0 Å². The Hall–Kier alpha value is -1.62. The summed E-state index contributed by atoms with van der Waals surface area (Å²) in [6.45, 7) is 1.70. The van der Waals surface area contributed by atoms with Gasteiger partial charge in [-0.3, -0.25) is 0 Å². The summed E-state index contributed by atoms with van der Waals surface area (Å²) in [7, 11) is 3.36. The van der Waals surface area contributed by atoms with E-state index in [1.54, 1.807) is 37.3 Å². The van der Waals surface area contributed by atoms with E-state index in [9.17, 15) is 9.18 Å². The maximum Gasteiger partial charge on any atom is 0.317 e. The molecule has 1 aromatic rings. The monoisotopic (exact) mass is 268 g/mol. The van der Waals surface area contributed by atoms with Crippen LogP contribution < -0.4 is 5.32 Å². The number of methoxy groups -OCH3 is 1. The van der Waals surface area contributed by atoms with Crippen molar-refractivity contribution >= 4 is 6.03 Å². The SMILES string of the molecule is COCCCN(C)C(=O)NCCc1ccccc1F. The summed E-state index contributed by atoms with van der Waals surface area (Å²) in [5.41, 5.74) is 0.616. The molecule has 1 aromatic carbocycles. The summed E-state index contributed by atoms with van der Waals surface area (Å²) in [5, 5.41) is 2.76. The van der Waals surface area contributed by atoms with Crippen LogP contribution in [0, 0.1) is 5.82 Å². The molecule has 0 saturated heterocycles. The van der Waals surface area contributed by atoms with Crippen molar-refractivity contribution in [1.82, 2.24) is 10.2 Å². The molecule has 19 heavy (non-hydrogen) atoms. The minimum atomic E-state index is -0.231. The Balaban J connectivity index is 2.25. The highest BCUT2D eigenvalue weighted by atomic mass is 19.1. The van der Waals surface area contributed by atoms with E-state index >= 15 is 0 Å². The van der Waals surface area contributed by atoms with Crippen molar-refractivity contribution in [3.63, 3.8) is 0 Å². The first-order valence-electron chi connectivity index (χ1n) is 6.36. The van der Waals surface area contributed by atoms with Crippen molar-refractivity contribution in [2.75, 3.05) is 33.9 Å². The minimum absolute atomic E-state index is 0.146. The van der Waals surface area contributed by atoms with Crippen LogP contribution in [0.15, 0.2) is 24.3 Å². The first kappa shape index (κ1) is 15.4. The predicted molar refractivity (Wildman–Crippen MR) is 72.6 cm³/mol. The van der Waals surface area contributed by atoms with Crippen LogP contribution in [-0.4, -0.2) is 44.8 Å². The number of hydrogen-bond donors (Lipinski definition) is 1. The zero-order chi connectivity index (χ0) is 14.1. The van der Waals surface area contributed by atoms with Gasteiger partial charge in [0.2, 0.25) is 0 Å². The van der Waals surface area contributed by atoms with Gasteiger partial charge in [0, 0.05) is 33.9 Å². The number of nitrogens with zero attached hydrogens (tertiary/aromatic N) is 1. The number of ether oxygens (including phenoxy) is 1. The Morgan fingerprint density at radius 1 is 1.42 bits per heavy atom. The number of amides is 2.